The molecule has 0 spiro atoms. The Hall–Kier alpha value is -4.45. The lowest BCUT2D eigenvalue weighted by Crippen LogP contribution is -2.52. The van der Waals surface area contributed by atoms with Gasteiger partial charge in [-0.15, -0.1) is 5.10 Å². The molecule has 12 heteroatoms. The number of nitrogens with one attached hydrogen (secondary N) is 1. The number of nitrogens with two attached hydrogens (primary N) is 1. The molecule has 4 heterocycles. The minimum absolute atomic E-state index is 0.0705. The molecule has 0 bridgehead atoms. The topological polar surface area (TPSA) is 159 Å². The van der Waals surface area contributed by atoms with Crippen LogP contribution >= 0.6 is 0 Å². The van der Waals surface area contributed by atoms with Crippen LogP contribution in [0.4, 0.5) is 5.95 Å². The van der Waals surface area contributed by atoms with E-state index >= 15 is 0 Å². The fraction of sp³-hybridized carbons (Fsp3) is 0.346. The van der Waals surface area contributed by atoms with E-state index in [1.807, 2.05) is 18.2 Å². The van der Waals surface area contributed by atoms with E-state index in [1.165, 1.54) is 4.52 Å². The lowest BCUT2D eigenvalue weighted by atomic mass is 9.88. The van der Waals surface area contributed by atoms with Gasteiger partial charge in [0.15, 0.2) is 22.6 Å². The number of hydrogen-bond acceptors (Lipinski definition) is 9. The Labute approximate surface area is 217 Å². The summed E-state index contributed by atoms with van der Waals surface area (Å²) < 4.78 is 14.1. The average Bonchev–Trinajstić information content (AvgIpc) is 3.69. The molecule has 1 unspecified atom stereocenters. The highest BCUT2D eigenvalue weighted by molar-refractivity contribution is 5.94. The maximum Gasteiger partial charge on any atom is 0.252 e. The van der Waals surface area contributed by atoms with E-state index in [0.29, 0.717) is 65.3 Å². The smallest absolute Gasteiger partial charge is 0.252 e. The van der Waals surface area contributed by atoms with Crippen LogP contribution < -0.4 is 15.8 Å². The third-order valence-electron chi connectivity index (χ3n) is 7.30. The molecule has 1 fully saturated rings. The van der Waals surface area contributed by atoms with Crippen molar-refractivity contribution in [2.24, 2.45) is 0 Å². The van der Waals surface area contributed by atoms with Crippen molar-refractivity contribution in [1.82, 2.24) is 34.7 Å². The lowest BCUT2D eigenvalue weighted by molar-refractivity contribution is -0.128. The zero-order valence-corrected chi connectivity index (χ0v) is 21.0. The summed E-state index contributed by atoms with van der Waals surface area (Å²) in [5.41, 5.74) is 6.39. The van der Waals surface area contributed by atoms with Crippen LogP contribution in [0.25, 0.3) is 28.3 Å². The Morgan fingerprint density at radius 3 is 2.68 bits per heavy atom. The van der Waals surface area contributed by atoms with Crippen molar-refractivity contribution >= 4 is 28.5 Å². The molecule has 0 saturated heterocycles. The first-order valence-electron chi connectivity index (χ1n) is 12.5. The Balaban J connectivity index is 1.52. The molecule has 1 aromatic carbocycles. The van der Waals surface area contributed by atoms with E-state index in [0.717, 1.165) is 0 Å². The van der Waals surface area contributed by atoms with Crippen LogP contribution in [0.2, 0.25) is 0 Å². The normalized spacial score (nSPS) is 19.4. The van der Waals surface area contributed by atoms with Crippen molar-refractivity contribution in [3.8, 4) is 17.3 Å². The second kappa shape index (κ2) is 9.14. The fourth-order valence-electron chi connectivity index (χ4n) is 5.17. The molecule has 1 saturated carbocycles. The first-order valence-corrected chi connectivity index (χ1v) is 12.5. The Bertz CT molecular complexity index is 1620. The molecule has 1 atom stereocenters. The first kappa shape index (κ1) is 23.9. The molecule has 0 aliphatic heterocycles. The van der Waals surface area contributed by atoms with E-state index in [-0.39, 0.29) is 24.0 Å². The van der Waals surface area contributed by atoms with Crippen LogP contribution in [-0.2, 0) is 10.3 Å². The molecule has 5 aromatic rings. The Kier molecular flexibility index (Phi) is 5.75. The molecule has 196 valence electrons. The number of furan rings is 1. The summed E-state index contributed by atoms with van der Waals surface area (Å²) >= 11 is 0. The highest BCUT2D eigenvalue weighted by Gasteiger charge is 2.43. The van der Waals surface area contributed by atoms with Crippen molar-refractivity contribution in [3.05, 3.63) is 54.4 Å². The van der Waals surface area contributed by atoms with Gasteiger partial charge in [0.25, 0.3) is 5.91 Å². The number of methoxy groups -OCH3 is 1. The van der Waals surface area contributed by atoms with Crippen LogP contribution in [-0.4, -0.2) is 59.6 Å². The maximum absolute atomic E-state index is 14.1. The number of aliphatic hydroxyl groups excluding tert-OH is 1. The van der Waals surface area contributed by atoms with Crippen LogP contribution in [0.1, 0.15) is 38.2 Å². The molecule has 1 aliphatic carbocycles. The van der Waals surface area contributed by atoms with Gasteiger partial charge in [0, 0.05) is 11.6 Å². The molecule has 12 nitrogen and oxygen atoms in total. The summed E-state index contributed by atoms with van der Waals surface area (Å²) in [6.45, 7) is 1.78. The second-order valence-electron chi connectivity index (χ2n) is 9.66. The summed E-state index contributed by atoms with van der Waals surface area (Å²) in [5, 5.41) is 22.8. The number of carbonyl (C=O) groups excluding carboxylic acids is 1. The number of anilines is 1. The largest absolute Gasteiger partial charge is 0.496 e. The third kappa shape index (κ3) is 3.76. The molecular weight excluding hydrogens is 488 g/mol. The van der Waals surface area contributed by atoms with E-state index in [2.05, 4.69) is 25.5 Å². The number of ether oxygens (including phenoxy) is 1. The van der Waals surface area contributed by atoms with Crippen LogP contribution in [0.5, 0.6) is 5.75 Å². The number of fused-ring (bicyclic) bond motifs is 3. The van der Waals surface area contributed by atoms with Crippen molar-refractivity contribution in [2.75, 3.05) is 12.8 Å². The number of carbonyl (C=O) groups is 1. The van der Waals surface area contributed by atoms with Crippen molar-refractivity contribution in [2.45, 2.75) is 50.3 Å². The quantitative estimate of drug-likeness (QED) is 0.308. The predicted molar refractivity (Wildman–Crippen MR) is 138 cm³/mol. The monoisotopic (exact) mass is 516 g/mol. The molecule has 1 amide bonds. The van der Waals surface area contributed by atoms with Gasteiger partial charge in [0.1, 0.15) is 5.75 Å². The van der Waals surface area contributed by atoms with Gasteiger partial charge >= 0.3 is 0 Å². The fourth-order valence-corrected chi connectivity index (χ4v) is 5.17. The average molecular weight is 517 g/mol. The van der Waals surface area contributed by atoms with Gasteiger partial charge in [-0.05, 0) is 50.8 Å². The number of para-hydroxylation sites is 1. The van der Waals surface area contributed by atoms with Gasteiger partial charge in [0.05, 0.1) is 31.1 Å². The number of rotatable bonds is 6. The predicted octanol–water partition coefficient (Wildman–Crippen LogP) is 2.51. The van der Waals surface area contributed by atoms with E-state index < -0.39 is 5.54 Å². The SMILES string of the molecule is COc1ccccc1C(C)(C(=O)N[C@H]1CC[C@@H](O)CC1)n1ncc2c1nc(N)n1nc(-c3ccco3)nc21. The molecule has 4 N–H and O–H groups in total. The zero-order valence-electron chi connectivity index (χ0n) is 21.0. The third-order valence-corrected chi connectivity index (χ3v) is 7.30. The number of aliphatic hydroxyl groups is 1. The highest BCUT2D eigenvalue weighted by Crippen LogP contribution is 2.36. The Morgan fingerprint density at radius 2 is 1.95 bits per heavy atom. The van der Waals surface area contributed by atoms with Gasteiger partial charge in [-0.1, -0.05) is 18.2 Å². The van der Waals surface area contributed by atoms with Gasteiger partial charge in [-0.25, -0.2) is 9.67 Å². The number of aromatic nitrogens is 6. The lowest BCUT2D eigenvalue weighted by Gasteiger charge is -2.34. The molecule has 0 radical (unpaired) electrons. The van der Waals surface area contributed by atoms with Gasteiger partial charge in [0.2, 0.25) is 11.8 Å². The van der Waals surface area contributed by atoms with Crippen molar-refractivity contribution in [3.63, 3.8) is 0 Å². The van der Waals surface area contributed by atoms with Crippen LogP contribution in [0, 0.1) is 0 Å². The highest BCUT2D eigenvalue weighted by atomic mass is 16.5. The standard InChI is InChI=1S/C26H28N8O4/c1-26(18-6-3-4-7-19(18)37-2,24(36)29-15-9-11-16(35)12-10-15)34-23-17(14-28-34)22-30-21(20-8-5-13-38-20)32-33(22)25(27)31-23/h3-8,13-16,35H,9-12H2,1-2H3,(H2,27,31)(H,29,36)/t15-,16+,26?. The second-order valence-corrected chi connectivity index (χ2v) is 9.66. The number of hydrogen-bond donors (Lipinski definition) is 3. The first-order chi connectivity index (χ1) is 18.4. The summed E-state index contributed by atoms with van der Waals surface area (Å²) in [4.78, 5) is 23.4. The zero-order chi connectivity index (χ0) is 26.4. The minimum atomic E-state index is -1.36. The van der Waals surface area contributed by atoms with Crippen LogP contribution in [0.15, 0.2) is 53.3 Å². The van der Waals surface area contributed by atoms with Crippen molar-refractivity contribution < 1.29 is 19.1 Å². The summed E-state index contributed by atoms with van der Waals surface area (Å²) in [5.74, 6) is 1.19. The molecule has 38 heavy (non-hydrogen) atoms. The van der Waals surface area contributed by atoms with Gasteiger partial charge < -0.3 is 25.3 Å². The van der Waals surface area contributed by atoms with E-state index in [1.54, 1.807) is 49.4 Å². The summed E-state index contributed by atoms with van der Waals surface area (Å²) in [6.07, 6.45) is 5.48. The van der Waals surface area contributed by atoms with Gasteiger partial charge in [-0.2, -0.15) is 14.6 Å². The number of benzene rings is 1. The van der Waals surface area contributed by atoms with Crippen molar-refractivity contribution in [1.29, 1.82) is 0 Å². The molecular formula is C26H28N8O4. The summed E-state index contributed by atoms with van der Waals surface area (Å²) in [7, 11) is 1.56. The number of amides is 1. The molecule has 4 aromatic heterocycles. The number of nitrogen functional groups attached to an aromatic ring is 1. The van der Waals surface area contributed by atoms with Crippen LogP contribution in [0.3, 0.4) is 0 Å². The summed E-state index contributed by atoms with van der Waals surface area (Å²) in [6, 6.07) is 10.8. The molecule has 1 aliphatic rings. The van der Waals surface area contributed by atoms with E-state index in [9.17, 15) is 9.90 Å². The Morgan fingerprint density at radius 1 is 1.16 bits per heavy atom. The van der Waals surface area contributed by atoms with E-state index in [4.69, 9.17) is 14.9 Å². The number of nitrogens with zero attached hydrogens (tertiary/aromatic N) is 6. The van der Waals surface area contributed by atoms with Gasteiger partial charge in [-0.3, -0.25) is 4.79 Å². The maximum atomic E-state index is 14.1. The minimum Gasteiger partial charge on any atom is -0.496 e. The molecule has 6 rings (SSSR count).